The molecule has 0 heterocycles. The lowest BCUT2D eigenvalue weighted by molar-refractivity contribution is -0.121. The van der Waals surface area contributed by atoms with Gasteiger partial charge in [0.1, 0.15) is 5.75 Å². The Kier molecular flexibility index (Phi) is 5.69. The van der Waals surface area contributed by atoms with E-state index in [2.05, 4.69) is 26.5 Å². The molecule has 0 atom stereocenters. The van der Waals surface area contributed by atoms with Crippen LogP contribution in [-0.2, 0) is 4.79 Å². The zero-order valence-electron chi connectivity index (χ0n) is 9.61. The van der Waals surface area contributed by atoms with Crippen molar-refractivity contribution < 1.29 is 9.90 Å². The molecule has 1 rings (SSSR count). The number of nitrogens with zero attached hydrogens (tertiary/aromatic N) is 1. The van der Waals surface area contributed by atoms with Crippen molar-refractivity contribution in [2.45, 2.75) is 26.2 Å². The van der Waals surface area contributed by atoms with Crippen LogP contribution in [0.1, 0.15) is 31.7 Å². The van der Waals surface area contributed by atoms with Crippen molar-refractivity contribution in [2.24, 2.45) is 5.10 Å². The predicted octanol–water partition coefficient (Wildman–Crippen LogP) is 2.80. The van der Waals surface area contributed by atoms with Crippen molar-refractivity contribution >= 4 is 28.1 Å². The summed E-state index contributed by atoms with van der Waals surface area (Å²) in [5, 5.41) is 13.3. The topological polar surface area (TPSA) is 61.7 Å². The zero-order chi connectivity index (χ0) is 12.7. The van der Waals surface area contributed by atoms with Crippen LogP contribution in [0.25, 0.3) is 0 Å². The summed E-state index contributed by atoms with van der Waals surface area (Å²) in [4.78, 5) is 11.2. The van der Waals surface area contributed by atoms with E-state index in [4.69, 9.17) is 0 Å². The summed E-state index contributed by atoms with van der Waals surface area (Å²) in [6.45, 7) is 2.02. The summed E-state index contributed by atoms with van der Waals surface area (Å²) in [6, 6.07) is 5.01. The van der Waals surface area contributed by atoms with E-state index in [9.17, 15) is 9.90 Å². The molecule has 92 valence electrons. The first-order valence-corrected chi connectivity index (χ1v) is 6.23. The average molecular weight is 299 g/mol. The lowest BCUT2D eigenvalue weighted by atomic mass is 10.2. The van der Waals surface area contributed by atoms with Gasteiger partial charge in [-0.25, -0.2) is 5.43 Å². The molecule has 0 aliphatic rings. The second-order valence-electron chi connectivity index (χ2n) is 3.60. The number of hydrogen-bond acceptors (Lipinski definition) is 3. The van der Waals surface area contributed by atoms with E-state index in [0.29, 0.717) is 12.0 Å². The van der Waals surface area contributed by atoms with Gasteiger partial charge in [0.05, 0.1) is 6.21 Å². The second-order valence-corrected chi connectivity index (χ2v) is 4.52. The fourth-order valence-electron chi connectivity index (χ4n) is 1.20. The minimum absolute atomic E-state index is 0.113. The van der Waals surface area contributed by atoms with Crippen molar-refractivity contribution in [2.75, 3.05) is 0 Å². The number of nitrogens with one attached hydrogen (secondary N) is 1. The maximum Gasteiger partial charge on any atom is 0.240 e. The number of hydrogen-bond donors (Lipinski definition) is 2. The highest BCUT2D eigenvalue weighted by atomic mass is 79.9. The number of amides is 1. The number of halogens is 1. The molecule has 1 amide bonds. The van der Waals surface area contributed by atoms with Crippen molar-refractivity contribution in [3.63, 3.8) is 0 Å². The van der Waals surface area contributed by atoms with Gasteiger partial charge in [-0.2, -0.15) is 5.10 Å². The Balaban J connectivity index is 2.53. The molecule has 0 aliphatic heterocycles. The number of phenolic OH excluding ortho intramolecular Hbond substituents is 1. The van der Waals surface area contributed by atoms with Crippen LogP contribution in [0.15, 0.2) is 27.8 Å². The predicted molar refractivity (Wildman–Crippen MR) is 71.1 cm³/mol. The van der Waals surface area contributed by atoms with Gasteiger partial charge in [0, 0.05) is 16.5 Å². The van der Waals surface area contributed by atoms with Gasteiger partial charge in [-0.15, -0.1) is 0 Å². The van der Waals surface area contributed by atoms with Crippen LogP contribution < -0.4 is 5.43 Å². The Labute approximate surface area is 109 Å². The van der Waals surface area contributed by atoms with E-state index in [1.807, 2.05) is 6.92 Å². The third kappa shape index (κ3) is 4.99. The lowest BCUT2D eigenvalue weighted by Crippen LogP contribution is -2.16. The molecule has 1 aromatic rings. The highest BCUT2D eigenvalue weighted by Gasteiger charge is 2.00. The molecule has 1 aromatic carbocycles. The minimum Gasteiger partial charge on any atom is -0.507 e. The Hall–Kier alpha value is -1.36. The number of phenols is 1. The molecular formula is C12H15BrN2O2. The van der Waals surface area contributed by atoms with Crippen molar-refractivity contribution in [1.82, 2.24) is 5.43 Å². The van der Waals surface area contributed by atoms with E-state index >= 15 is 0 Å². The molecule has 0 unspecified atom stereocenters. The molecule has 5 heteroatoms. The Morgan fingerprint density at radius 3 is 3.06 bits per heavy atom. The number of hydrazone groups is 1. The number of rotatable bonds is 5. The summed E-state index contributed by atoms with van der Waals surface area (Å²) in [7, 11) is 0. The first kappa shape index (κ1) is 13.7. The van der Waals surface area contributed by atoms with Crippen LogP contribution in [0.2, 0.25) is 0 Å². The standard InChI is InChI=1S/C12H15BrN2O2/c1-2-3-4-12(17)15-14-8-9-7-10(13)5-6-11(9)16/h5-8,16H,2-4H2,1H3,(H,15,17). The van der Waals surface area contributed by atoms with Crippen molar-refractivity contribution in [3.05, 3.63) is 28.2 Å². The Bertz CT molecular complexity index is 419. The van der Waals surface area contributed by atoms with Crippen LogP contribution >= 0.6 is 15.9 Å². The van der Waals surface area contributed by atoms with Crippen LogP contribution in [0.4, 0.5) is 0 Å². The molecule has 0 saturated heterocycles. The molecule has 0 aromatic heterocycles. The summed E-state index contributed by atoms with van der Waals surface area (Å²) in [5.74, 6) is 0.0114. The number of unbranched alkanes of at least 4 members (excludes halogenated alkanes) is 1. The normalized spacial score (nSPS) is 10.7. The molecule has 0 fully saturated rings. The van der Waals surface area contributed by atoms with Crippen LogP contribution in [0.5, 0.6) is 5.75 Å². The lowest BCUT2D eigenvalue weighted by Gasteiger charge is -2.00. The Morgan fingerprint density at radius 2 is 2.35 bits per heavy atom. The third-order valence-electron chi connectivity index (χ3n) is 2.14. The van der Waals surface area contributed by atoms with Crippen LogP contribution in [-0.4, -0.2) is 17.2 Å². The smallest absolute Gasteiger partial charge is 0.240 e. The van der Waals surface area contributed by atoms with Crippen LogP contribution in [0, 0.1) is 0 Å². The molecular weight excluding hydrogens is 284 g/mol. The molecule has 0 bridgehead atoms. The van der Waals surface area contributed by atoms with Gasteiger partial charge in [0.15, 0.2) is 0 Å². The van der Waals surface area contributed by atoms with E-state index in [1.165, 1.54) is 6.21 Å². The molecule has 0 aliphatic carbocycles. The van der Waals surface area contributed by atoms with Gasteiger partial charge in [0.2, 0.25) is 5.91 Å². The quantitative estimate of drug-likeness (QED) is 0.648. The molecule has 17 heavy (non-hydrogen) atoms. The molecule has 4 nitrogen and oxygen atoms in total. The third-order valence-corrected chi connectivity index (χ3v) is 2.63. The van der Waals surface area contributed by atoms with Gasteiger partial charge in [-0.05, 0) is 24.6 Å². The SMILES string of the molecule is CCCCC(=O)NN=Cc1cc(Br)ccc1O. The van der Waals surface area contributed by atoms with E-state index in [1.54, 1.807) is 18.2 Å². The number of carbonyl (C=O) groups is 1. The highest BCUT2D eigenvalue weighted by molar-refractivity contribution is 9.10. The zero-order valence-corrected chi connectivity index (χ0v) is 11.2. The Morgan fingerprint density at radius 1 is 1.59 bits per heavy atom. The highest BCUT2D eigenvalue weighted by Crippen LogP contribution is 2.19. The molecule has 0 saturated carbocycles. The summed E-state index contributed by atoms with van der Waals surface area (Å²) < 4.78 is 0.842. The largest absolute Gasteiger partial charge is 0.507 e. The minimum atomic E-state index is -0.113. The summed E-state index contributed by atoms with van der Waals surface area (Å²) >= 11 is 3.29. The second kappa shape index (κ2) is 7.06. The number of benzene rings is 1. The average Bonchev–Trinajstić information content (AvgIpc) is 2.31. The van der Waals surface area contributed by atoms with Crippen LogP contribution in [0.3, 0.4) is 0 Å². The van der Waals surface area contributed by atoms with E-state index < -0.39 is 0 Å². The molecule has 2 N–H and O–H groups in total. The number of carbonyl (C=O) groups excluding carboxylic acids is 1. The fourth-order valence-corrected chi connectivity index (χ4v) is 1.57. The molecule has 0 spiro atoms. The van der Waals surface area contributed by atoms with Gasteiger partial charge in [-0.3, -0.25) is 4.79 Å². The van der Waals surface area contributed by atoms with Crippen molar-refractivity contribution in [3.8, 4) is 5.75 Å². The van der Waals surface area contributed by atoms with Gasteiger partial charge < -0.3 is 5.11 Å². The van der Waals surface area contributed by atoms with Gasteiger partial charge in [0.25, 0.3) is 0 Å². The maximum atomic E-state index is 11.2. The summed E-state index contributed by atoms with van der Waals surface area (Å²) in [6.07, 6.45) is 3.72. The maximum absolute atomic E-state index is 11.2. The van der Waals surface area contributed by atoms with Gasteiger partial charge in [-0.1, -0.05) is 29.3 Å². The fraction of sp³-hybridized carbons (Fsp3) is 0.333. The summed E-state index contributed by atoms with van der Waals surface area (Å²) in [5.41, 5.74) is 2.97. The number of aromatic hydroxyl groups is 1. The molecule has 0 radical (unpaired) electrons. The monoisotopic (exact) mass is 298 g/mol. The van der Waals surface area contributed by atoms with Crippen molar-refractivity contribution in [1.29, 1.82) is 0 Å². The van der Waals surface area contributed by atoms with E-state index in [0.717, 1.165) is 17.3 Å². The first-order valence-electron chi connectivity index (χ1n) is 5.44. The van der Waals surface area contributed by atoms with E-state index in [-0.39, 0.29) is 11.7 Å². The van der Waals surface area contributed by atoms with Gasteiger partial charge >= 0.3 is 0 Å². The first-order chi connectivity index (χ1) is 8.13.